The second kappa shape index (κ2) is 5.60. The fraction of sp³-hybridized carbons (Fsp3) is 0.308. The first kappa shape index (κ1) is 13.9. The van der Waals surface area contributed by atoms with E-state index in [9.17, 15) is 10.1 Å². The van der Waals surface area contributed by atoms with Gasteiger partial charge in [-0.3, -0.25) is 15.1 Å². The molecule has 0 aliphatic rings. The Morgan fingerprint density at radius 2 is 2.10 bits per heavy atom. The van der Waals surface area contributed by atoms with E-state index >= 15 is 0 Å². The molecular formula is C13H15N5O2. The van der Waals surface area contributed by atoms with Gasteiger partial charge in [0.2, 0.25) is 5.95 Å². The van der Waals surface area contributed by atoms with Gasteiger partial charge in [-0.05, 0) is 32.9 Å². The van der Waals surface area contributed by atoms with E-state index in [-0.39, 0.29) is 5.69 Å². The van der Waals surface area contributed by atoms with Crippen molar-refractivity contribution in [3.8, 4) is 11.3 Å². The second-order valence-corrected chi connectivity index (χ2v) is 4.30. The van der Waals surface area contributed by atoms with Crippen LogP contribution in [-0.4, -0.2) is 26.4 Å². The van der Waals surface area contributed by atoms with Crippen molar-refractivity contribution in [2.45, 2.75) is 20.8 Å². The normalized spacial score (nSPS) is 10.3. The van der Waals surface area contributed by atoms with Crippen molar-refractivity contribution < 1.29 is 4.92 Å². The molecule has 0 radical (unpaired) electrons. The van der Waals surface area contributed by atoms with Crippen LogP contribution in [-0.2, 0) is 0 Å². The predicted octanol–water partition coefficient (Wildman–Crippen LogP) is 2.50. The van der Waals surface area contributed by atoms with E-state index in [1.807, 2.05) is 13.8 Å². The van der Waals surface area contributed by atoms with Crippen LogP contribution in [0.1, 0.15) is 18.3 Å². The van der Waals surface area contributed by atoms with Crippen LogP contribution in [0.5, 0.6) is 0 Å². The first-order chi connectivity index (χ1) is 9.52. The van der Waals surface area contributed by atoms with Crippen LogP contribution >= 0.6 is 0 Å². The third kappa shape index (κ3) is 2.71. The average Bonchev–Trinajstić information content (AvgIpc) is 2.37. The maximum atomic E-state index is 11.3. The molecule has 7 heteroatoms. The summed E-state index contributed by atoms with van der Waals surface area (Å²) in [6.07, 6.45) is 1.61. The van der Waals surface area contributed by atoms with Gasteiger partial charge in [0.25, 0.3) is 0 Å². The number of hydrogen-bond acceptors (Lipinski definition) is 6. The van der Waals surface area contributed by atoms with Crippen molar-refractivity contribution in [1.29, 1.82) is 0 Å². The third-order valence-corrected chi connectivity index (χ3v) is 2.75. The molecule has 0 atom stereocenters. The average molecular weight is 273 g/mol. The zero-order chi connectivity index (χ0) is 14.7. The SMILES string of the molecule is CCNc1nc(C)c([N+](=O)[O-])c(-c2ccnc(C)c2)n1. The van der Waals surface area contributed by atoms with Crippen molar-refractivity contribution in [3.63, 3.8) is 0 Å². The standard InChI is InChI=1S/C13H15N5O2/c1-4-14-13-16-9(3)12(18(19)20)11(17-13)10-5-6-15-8(2)7-10/h5-7H,4H2,1-3H3,(H,14,16,17). The highest BCUT2D eigenvalue weighted by atomic mass is 16.6. The van der Waals surface area contributed by atoms with Crippen LogP contribution in [0, 0.1) is 24.0 Å². The number of anilines is 1. The maximum Gasteiger partial charge on any atom is 0.316 e. The van der Waals surface area contributed by atoms with E-state index in [2.05, 4.69) is 20.3 Å². The highest BCUT2D eigenvalue weighted by Gasteiger charge is 2.23. The lowest BCUT2D eigenvalue weighted by molar-refractivity contribution is -0.385. The van der Waals surface area contributed by atoms with Gasteiger partial charge < -0.3 is 5.32 Å². The summed E-state index contributed by atoms with van der Waals surface area (Å²) in [5, 5.41) is 14.2. The van der Waals surface area contributed by atoms with E-state index in [0.717, 1.165) is 5.69 Å². The van der Waals surface area contributed by atoms with Gasteiger partial charge in [-0.15, -0.1) is 0 Å². The van der Waals surface area contributed by atoms with Gasteiger partial charge in [0, 0.05) is 24.0 Å². The molecule has 0 fully saturated rings. The number of aromatic nitrogens is 3. The number of hydrogen-bond donors (Lipinski definition) is 1. The Bertz CT molecular complexity index is 657. The van der Waals surface area contributed by atoms with E-state index in [4.69, 9.17) is 0 Å². The van der Waals surface area contributed by atoms with Gasteiger partial charge in [-0.1, -0.05) is 0 Å². The zero-order valence-electron chi connectivity index (χ0n) is 11.5. The van der Waals surface area contributed by atoms with E-state index in [1.165, 1.54) is 0 Å². The van der Waals surface area contributed by atoms with Crippen molar-refractivity contribution >= 4 is 11.6 Å². The molecule has 2 aromatic heterocycles. The molecule has 0 unspecified atom stereocenters. The minimum atomic E-state index is -0.448. The smallest absolute Gasteiger partial charge is 0.316 e. The van der Waals surface area contributed by atoms with Gasteiger partial charge in [0.05, 0.1) is 4.92 Å². The highest BCUT2D eigenvalue weighted by Crippen LogP contribution is 2.31. The maximum absolute atomic E-state index is 11.3. The molecule has 1 N–H and O–H groups in total. The molecule has 104 valence electrons. The number of pyridine rings is 1. The molecule has 0 saturated carbocycles. The van der Waals surface area contributed by atoms with E-state index in [0.29, 0.717) is 29.4 Å². The lowest BCUT2D eigenvalue weighted by Gasteiger charge is -2.08. The van der Waals surface area contributed by atoms with Crippen molar-refractivity contribution in [2.75, 3.05) is 11.9 Å². The van der Waals surface area contributed by atoms with Crippen LogP contribution in [0.4, 0.5) is 11.6 Å². The number of nitrogens with one attached hydrogen (secondary N) is 1. The molecule has 0 saturated heterocycles. The van der Waals surface area contributed by atoms with Gasteiger partial charge >= 0.3 is 5.69 Å². The summed E-state index contributed by atoms with van der Waals surface area (Å²) in [4.78, 5) is 23.3. The summed E-state index contributed by atoms with van der Waals surface area (Å²) in [6, 6.07) is 3.47. The van der Waals surface area contributed by atoms with Gasteiger partial charge in [0.1, 0.15) is 5.69 Å². The third-order valence-electron chi connectivity index (χ3n) is 2.75. The Hall–Kier alpha value is -2.57. The van der Waals surface area contributed by atoms with Gasteiger partial charge in [-0.25, -0.2) is 9.97 Å². The van der Waals surface area contributed by atoms with Crippen LogP contribution in [0.25, 0.3) is 11.3 Å². The minimum absolute atomic E-state index is 0.0720. The molecule has 2 aromatic rings. The number of aryl methyl sites for hydroxylation is 2. The van der Waals surface area contributed by atoms with Crippen LogP contribution < -0.4 is 5.32 Å². The molecule has 2 rings (SSSR count). The Morgan fingerprint density at radius 3 is 2.70 bits per heavy atom. The molecule has 2 heterocycles. The molecule has 0 aliphatic heterocycles. The molecule has 0 aromatic carbocycles. The lowest BCUT2D eigenvalue weighted by Crippen LogP contribution is -2.07. The zero-order valence-corrected chi connectivity index (χ0v) is 11.5. The largest absolute Gasteiger partial charge is 0.354 e. The minimum Gasteiger partial charge on any atom is -0.354 e. The number of rotatable bonds is 4. The topological polar surface area (TPSA) is 93.8 Å². The fourth-order valence-corrected chi connectivity index (χ4v) is 1.92. The van der Waals surface area contributed by atoms with Crippen molar-refractivity contribution in [3.05, 3.63) is 39.8 Å². The summed E-state index contributed by atoms with van der Waals surface area (Å²) in [5.41, 5.74) is 2.01. The van der Waals surface area contributed by atoms with Crippen LogP contribution in [0.3, 0.4) is 0 Å². The quantitative estimate of drug-likeness (QED) is 0.679. The molecule has 20 heavy (non-hydrogen) atoms. The Morgan fingerprint density at radius 1 is 1.35 bits per heavy atom. The van der Waals surface area contributed by atoms with Gasteiger partial charge in [0.15, 0.2) is 5.69 Å². The Balaban J connectivity index is 2.67. The molecule has 7 nitrogen and oxygen atoms in total. The lowest BCUT2D eigenvalue weighted by atomic mass is 10.1. The molecule has 0 amide bonds. The summed E-state index contributed by atoms with van der Waals surface area (Å²) >= 11 is 0. The monoisotopic (exact) mass is 273 g/mol. The molecule has 0 spiro atoms. The fourth-order valence-electron chi connectivity index (χ4n) is 1.92. The first-order valence-electron chi connectivity index (χ1n) is 6.23. The summed E-state index contributed by atoms with van der Waals surface area (Å²) < 4.78 is 0. The molecular weight excluding hydrogens is 258 g/mol. The number of nitro groups is 1. The predicted molar refractivity (Wildman–Crippen MR) is 75.6 cm³/mol. The first-order valence-corrected chi connectivity index (χ1v) is 6.23. The van der Waals surface area contributed by atoms with Crippen LogP contribution in [0.15, 0.2) is 18.3 Å². The van der Waals surface area contributed by atoms with Crippen LogP contribution in [0.2, 0.25) is 0 Å². The van der Waals surface area contributed by atoms with E-state index < -0.39 is 4.92 Å². The summed E-state index contributed by atoms with van der Waals surface area (Å²) in [5.74, 6) is 0.389. The van der Waals surface area contributed by atoms with E-state index in [1.54, 1.807) is 25.3 Å². The highest BCUT2D eigenvalue weighted by molar-refractivity contribution is 5.71. The van der Waals surface area contributed by atoms with Crippen molar-refractivity contribution in [2.24, 2.45) is 0 Å². The number of nitrogens with zero attached hydrogens (tertiary/aromatic N) is 4. The second-order valence-electron chi connectivity index (χ2n) is 4.30. The Kier molecular flexibility index (Phi) is 3.88. The Labute approximate surface area is 116 Å². The van der Waals surface area contributed by atoms with Gasteiger partial charge in [-0.2, -0.15) is 0 Å². The molecule has 0 aliphatic carbocycles. The summed E-state index contributed by atoms with van der Waals surface area (Å²) in [6.45, 7) is 6.00. The van der Waals surface area contributed by atoms with Crippen molar-refractivity contribution in [1.82, 2.24) is 15.0 Å². The summed E-state index contributed by atoms with van der Waals surface area (Å²) in [7, 11) is 0. The molecule has 0 bridgehead atoms.